The molecule has 3 aromatic heterocycles. The van der Waals surface area contributed by atoms with E-state index in [-0.39, 0.29) is 6.71 Å². The summed E-state index contributed by atoms with van der Waals surface area (Å²) >= 11 is 0. The van der Waals surface area contributed by atoms with Gasteiger partial charge in [-0.1, -0.05) is 158 Å². The summed E-state index contributed by atoms with van der Waals surface area (Å²) in [7, 11) is 0. The molecule has 6 heteroatoms. The molecule has 5 nitrogen and oxygen atoms in total. The highest BCUT2D eigenvalue weighted by Crippen LogP contribution is 2.48. The summed E-state index contributed by atoms with van der Waals surface area (Å²) in [5, 5.41) is 6.84. The van der Waals surface area contributed by atoms with Crippen molar-refractivity contribution < 1.29 is 13.6 Å². The number of benzene rings is 11. The van der Waals surface area contributed by atoms with Gasteiger partial charge < -0.3 is 23.0 Å². The van der Waals surface area contributed by atoms with Crippen molar-refractivity contribution in [1.29, 1.82) is 0 Å². The number of hydrogen-bond donors (Lipinski definition) is 0. The van der Waals surface area contributed by atoms with Crippen molar-refractivity contribution in [2.45, 2.75) is 0 Å². The second-order valence-electron chi connectivity index (χ2n) is 19.1. The third-order valence-corrected chi connectivity index (χ3v) is 15.2. The summed E-state index contributed by atoms with van der Waals surface area (Å²) in [6.07, 6.45) is 0. The normalized spacial score (nSPS) is 12.8. The summed E-state index contributed by atoms with van der Waals surface area (Å²) in [4.78, 5) is 2.51. The molecule has 2 aliphatic rings. The van der Waals surface area contributed by atoms with Crippen LogP contribution in [-0.2, 0) is 0 Å². The molecule has 16 rings (SSSR count). The smallest absolute Gasteiger partial charge is 0.256 e. The number of ether oxygens (including phenoxy) is 1. The molecule has 0 amide bonds. The second-order valence-corrected chi connectivity index (χ2v) is 19.1. The topological polar surface area (TPSA) is 43.7 Å². The standard InChI is InChI=1S/C66H39BN2O3/c1-2-14-40(15-3-1)46-16-4-9-21-55(46)69-58-36-43(41-28-32-62-51(34-41)49-19-7-12-24-60(49)70-62)26-30-53(58)67-54-31-27-44(42-29-33-63-52(35-42)50-20-8-13-25-61(50)71-63)37-64(54)72-65-39-45(38-59(69)66(65)67)68-56-22-10-5-17-47(56)48-18-6-11-23-57(48)68/h1-39H. The van der Waals surface area contributed by atoms with Crippen molar-refractivity contribution in [2.24, 2.45) is 0 Å². The Morgan fingerprint density at radius 1 is 0.319 bits per heavy atom. The molecular weight excluding hydrogens is 880 g/mol. The van der Waals surface area contributed by atoms with Crippen LogP contribution in [0.25, 0.3) is 105 Å². The van der Waals surface area contributed by atoms with Crippen LogP contribution in [-0.4, -0.2) is 11.3 Å². The highest BCUT2D eigenvalue weighted by Gasteiger charge is 2.43. The van der Waals surface area contributed by atoms with Crippen molar-refractivity contribution >= 4 is 106 Å². The first-order valence-corrected chi connectivity index (χ1v) is 24.6. The summed E-state index contributed by atoms with van der Waals surface area (Å²) < 4.78 is 22.4. The lowest BCUT2D eigenvalue weighted by Crippen LogP contribution is -2.59. The quantitative estimate of drug-likeness (QED) is 0.161. The van der Waals surface area contributed by atoms with Crippen LogP contribution < -0.4 is 26.0 Å². The maximum absolute atomic E-state index is 7.40. The molecule has 0 bridgehead atoms. The van der Waals surface area contributed by atoms with Gasteiger partial charge in [0, 0.05) is 55.3 Å². The Bertz CT molecular complexity index is 4530. The molecule has 11 aromatic carbocycles. The lowest BCUT2D eigenvalue weighted by atomic mass is 9.34. The highest BCUT2D eigenvalue weighted by atomic mass is 16.5. The predicted octanol–water partition coefficient (Wildman–Crippen LogP) is 16.0. The number of aromatic nitrogens is 1. The van der Waals surface area contributed by atoms with Gasteiger partial charge in [0.05, 0.1) is 22.4 Å². The number of fused-ring (bicyclic) bond motifs is 13. The van der Waals surface area contributed by atoms with Crippen molar-refractivity contribution in [2.75, 3.05) is 4.90 Å². The molecule has 72 heavy (non-hydrogen) atoms. The lowest BCUT2D eigenvalue weighted by molar-refractivity contribution is 0.487. The minimum atomic E-state index is -0.134. The first kappa shape index (κ1) is 39.3. The fourth-order valence-electron chi connectivity index (χ4n) is 12.0. The Balaban J connectivity index is 0.970. The van der Waals surface area contributed by atoms with E-state index < -0.39 is 0 Å². The Hall–Kier alpha value is -9.52. The zero-order chi connectivity index (χ0) is 47.0. The average Bonchev–Trinajstić information content (AvgIpc) is 4.12. The van der Waals surface area contributed by atoms with Crippen molar-refractivity contribution in [3.05, 3.63) is 237 Å². The Morgan fingerprint density at radius 3 is 1.53 bits per heavy atom. The van der Waals surface area contributed by atoms with Gasteiger partial charge >= 0.3 is 0 Å². The summed E-state index contributed by atoms with van der Waals surface area (Å²) in [6.45, 7) is -0.134. The van der Waals surface area contributed by atoms with Crippen molar-refractivity contribution in [3.8, 4) is 50.6 Å². The van der Waals surface area contributed by atoms with Gasteiger partial charge in [0.2, 0.25) is 0 Å². The SMILES string of the molecule is c1ccc(-c2ccccc2N2c3cc(-c4ccc5oc6ccccc6c5c4)ccc3B3c4ccc(-c5ccc6oc7ccccc7c6c5)cc4Oc4cc(-n5c6ccccc6c6ccccc65)cc2c43)cc1. The third-order valence-electron chi connectivity index (χ3n) is 15.2. The minimum Gasteiger partial charge on any atom is -0.458 e. The summed E-state index contributed by atoms with van der Waals surface area (Å²) in [6, 6.07) is 85.3. The van der Waals surface area contributed by atoms with Gasteiger partial charge in [-0.3, -0.25) is 0 Å². The molecule has 334 valence electrons. The van der Waals surface area contributed by atoms with Crippen molar-refractivity contribution in [1.82, 2.24) is 4.57 Å². The molecule has 0 unspecified atom stereocenters. The first-order valence-electron chi connectivity index (χ1n) is 24.6. The van der Waals surface area contributed by atoms with Gasteiger partial charge in [0.1, 0.15) is 33.8 Å². The van der Waals surface area contributed by atoms with Gasteiger partial charge in [-0.2, -0.15) is 0 Å². The number of nitrogens with zero attached hydrogens (tertiary/aromatic N) is 2. The van der Waals surface area contributed by atoms with Gasteiger partial charge in [-0.15, -0.1) is 0 Å². The molecule has 0 radical (unpaired) electrons. The average molecular weight is 919 g/mol. The van der Waals surface area contributed by atoms with Crippen molar-refractivity contribution in [3.63, 3.8) is 0 Å². The molecule has 5 heterocycles. The fourth-order valence-corrected chi connectivity index (χ4v) is 12.0. The van der Waals surface area contributed by atoms with Crippen LogP contribution >= 0.6 is 0 Å². The van der Waals surface area contributed by atoms with Gasteiger partial charge in [-0.05, 0) is 117 Å². The van der Waals surface area contributed by atoms with E-state index in [1.807, 2.05) is 24.3 Å². The van der Waals surface area contributed by atoms with E-state index in [9.17, 15) is 0 Å². The molecule has 0 saturated carbocycles. The Morgan fingerprint density at radius 2 is 0.847 bits per heavy atom. The van der Waals surface area contributed by atoms with Crippen LogP contribution in [0.1, 0.15) is 0 Å². The molecule has 0 atom stereocenters. The van der Waals surface area contributed by atoms with Gasteiger partial charge in [0.15, 0.2) is 0 Å². The summed E-state index contributed by atoms with van der Waals surface area (Å²) in [5.74, 6) is 1.68. The van der Waals surface area contributed by atoms with E-state index in [0.29, 0.717) is 0 Å². The highest BCUT2D eigenvalue weighted by molar-refractivity contribution is 6.99. The third kappa shape index (κ3) is 5.72. The molecule has 0 fully saturated rings. The van der Waals surface area contributed by atoms with Crippen LogP contribution in [0.3, 0.4) is 0 Å². The Labute approximate surface area is 414 Å². The maximum Gasteiger partial charge on any atom is 0.256 e. The van der Waals surface area contributed by atoms with E-state index in [1.54, 1.807) is 0 Å². The first-order chi connectivity index (χ1) is 35.7. The summed E-state index contributed by atoms with van der Waals surface area (Å²) in [5.41, 5.74) is 20.3. The molecular formula is C66H39BN2O3. The molecule has 0 N–H and O–H groups in total. The van der Waals surface area contributed by atoms with E-state index in [1.165, 1.54) is 16.2 Å². The molecule has 14 aromatic rings. The van der Waals surface area contributed by atoms with Crippen LogP contribution in [0.4, 0.5) is 17.1 Å². The minimum absolute atomic E-state index is 0.134. The van der Waals surface area contributed by atoms with Gasteiger partial charge in [-0.25, -0.2) is 0 Å². The largest absolute Gasteiger partial charge is 0.458 e. The van der Waals surface area contributed by atoms with Crippen LogP contribution in [0.2, 0.25) is 0 Å². The van der Waals surface area contributed by atoms with E-state index in [2.05, 4.69) is 222 Å². The van der Waals surface area contributed by atoms with Gasteiger partial charge in [0.25, 0.3) is 6.71 Å². The predicted molar refractivity (Wildman–Crippen MR) is 298 cm³/mol. The molecule has 0 saturated heterocycles. The molecule has 0 spiro atoms. The Kier molecular flexibility index (Phi) is 8.19. The zero-order valence-electron chi connectivity index (χ0n) is 38.7. The maximum atomic E-state index is 7.40. The van der Waals surface area contributed by atoms with Crippen LogP contribution in [0.5, 0.6) is 11.5 Å². The molecule has 0 aliphatic carbocycles. The number of rotatable bonds is 5. The lowest BCUT2D eigenvalue weighted by Gasteiger charge is -2.41. The number of anilines is 3. The monoisotopic (exact) mass is 918 g/mol. The van der Waals surface area contributed by atoms with Crippen LogP contribution in [0, 0.1) is 0 Å². The number of furan rings is 2. The number of para-hydroxylation sites is 5. The zero-order valence-corrected chi connectivity index (χ0v) is 38.7. The molecule has 2 aliphatic heterocycles. The van der Waals surface area contributed by atoms with E-state index >= 15 is 0 Å². The fraction of sp³-hybridized carbons (Fsp3) is 0. The van der Waals surface area contributed by atoms with E-state index in [0.717, 1.165) is 133 Å². The number of hydrogen-bond acceptors (Lipinski definition) is 4. The van der Waals surface area contributed by atoms with Crippen LogP contribution in [0.15, 0.2) is 245 Å². The second kappa shape index (κ2) is 15.0. The van der Waals surface area contributed by atoms with E-state index in [4.69, 9.17) is 13.6 Å².